The topological polar surface area (TPSA) is 107 Å². The molecule has 0 aliphatic heterocycles. The molecule has 0 fully saturated rings. The van der Waals surface area contributed by atoms with Gasteiger partial charge < -0.3 is 14.6 Å². The SMILES string of the molecule is CC(=O)CC(=O)OCC(CO)OC(=O)CC(C)=O. The van der Waals surface area contributed by atoms with Gasteiger partial charge in [0.2, 0.25) is 0 Å². The average molecular weight is 260 g/mol. The van der Waals surface area contributed by atoms with E-state index in [1.165, 1.54) is 13.8 Å². The first-order chi connectivity index (χ1) is 8.35. The molecule has 7 nitrogen and oxygen atoms in total. The lowest BCUT2D eigenvalue weighted by atomic mass is 10.3. The normalized spacial score (nSPS) is 11.5. The van der Waals surface area contributed by atoms with E-state index >= 15 is 0 Å². The van der Waals surface area contributed by atoms with Gasteiger partial charge in [0.05, 0.1) is 6.61 Å². The van der Waals surface area contributed by atoms with Crippen molar-refractivity contribution in [3.05, 3.63) is 0 Å². The molecule has 0 aromatic heterocycles. The Hall–Kier alpha value is -1.76. The van der Waals surface area contributed by atoms with Gasteiger partial charge in [0.25, 0.3) is 0 Å². The molecule has 0 aromatic carbocycles. The standard InChI is InChI=1S/C11H16O7/c1-7(13)3-10(15)17-6-9(5-12)18-11(16)4-8(2)14/h9,12H,3-6H2,1-2H3. The van der Waals surface area contributed by atoms with E-state index in [0.717, 1.165) is 0 Å². The summed E-state index contributed by atoms with van der Waals surface area (Å²) in [6.45, 7) is 1.56. The van der Waals surface area contributed by atoms with E-state index in [9.17, 15) is 19.2 Å². The fourth-order valence-corrected chi connectivity index (χ4v) is 0.995. The predicted molar refractivity (Wildman–Crippen MR) is 58.5 cm³/mol. The molecule has 1 unspecified atom stereocenters. The molecular formula is C11H16O7. The molecule has 102 valence electrons. The van der Waals surface area contributed by atoms with Crippen molar-refractivity contribution in [1.29, 1.82) is 0 Å². The Morgan fingerprint density at radius 2 is 1.50 bits per heavy atom. The van der Waals surface area contributed by atoms with Gasteiger partial charge in [0.15, 0.2) is 6.10 Å². The second-order valence-electron chi connectivity index (χ2n) is 3.74. The largest absolute Gasteiger partial charge is 0.461 e. The van der Waals surface area contributed by atoms with Crippen molar-refractivity contribution < 1.29 is 33.8 Å². The van der Waals surface area contributed by atoms with Crippen molar-refractivity contribution >= 4 is 23.5 Å². The minimum atomic E-state index is -1.03. The summed E-state index contributed by atoms with van der Waals surface area (Å²) in [6, 6.07) is 0. The van der Waals surface area contributed by atoms with Crippen LogP contribution in [0.2, 0.25) is 0 Å². The highest BCUT2D eigenvalue weighted by atomic mass is 16.6. The Bertz CT molecular complexity index is 334. The lowest BCUT2D eigenvalue weighted by Gasteiger charge is -2.15. The molecule has 0 rings (SSSR count). The van der Waals surface area contributed by atoms with Gasteiger partial charge in [-0.2, -0.15) is 0 Å². The van der Waals surface area contributed by atoms with Crippen LogP contribution in [0.1, 0.15) is 26.7 Å². The second kappa shape index (κ2) is 8.35. The number of hydrogen-bond acceptors (Lipinski definition) is 7. The van der Waals surface area contributed by atoms with Crippen LogP contribution < -0.4 is 0 Å². The Morgan fingerprint density at radius 3 is 1.94 bits per heavy atom. The third kappa shape index (κ3) is 8.40. The molecule has 0 heterocycles. The van der Waals surface area contributed by atoms with Crippen molar-refractivity contribution in [1.82, 2.24) is 0 Å². The maximum absolute atomic E-state index is 11.1. The van der Waals surface area contributed by atoms with Gasteiger partial charge in [-0.15, -0.1) is 0 Å². The number of carbonyl (C=O) groups is 4. The lowest BCUT2D eigenvalue weighted by Crippen LogP contribution is -2.29. The highest BCUT2D eigenvalue weighted by Gasteiger charge is 2.17. The third-order valence-electron chi connectivity index (χ3n) is 1.72. The van der Waals surface area contributed by atoms with E-state index in [4.69, 9.17) is 9.84 Å². The van der Waals surface area contributed by atoms with Crippen LogP contribution in [0.15, 0.2) is 0 Å². The number of ether oxygens (including phenoxy) is 2. The summed E-state index contributed by atoms with van der Waals surface area (Å²) in [6.07, 6.45) is -1.81. The second-order valence-corrected chi connectivity index (χ2v) is 3.74. The first kappa shape index (κ1) is 16.2. The van der Waals surface area contributed by atoms with Crippen LogP contribution in [0.5, 0.6) is 0 Å². The van der Waals surface area contributed by atoms with Crippen molar-refractivity contribution in [2.24, 2.45) is 0 Å². The van der Waals surface area contributed by atoms with Crippen LogP contribution in [0.3, 0.4) is 0 Å². The molecule has 0 aromatic rings. The maximum Gasteiger partial charge on any atom is 0.313 e. The fourth-order valence-electron chi connectivity index (χ4n) is 0.995. The van der Waals surface area contributed by atoms with Crippen molar-refractivity contribution in [3.8, 4) is 0 Å². The summed E-state index contributed by atoms with van der Waals surface area (Å²) in [7, 11) is 0. The summed E-state index contributed by atoms with van der Waals surface area (Å²) in [5.41, 5.74) is 0. The first-order valence-electron chi connectivity index (χ1n) is 5.30. The minimum absolute atomic E-state index is 0.353. The molecule has 1 N–H and O–H groups in total. The number of hydrogen-bond donors (Lipinski definition) is 1. The molecule has 0 bridgehead atoms. The minimum Gasteiger partial charge on any atom is -0.461 e. The van der Waals surface area contributed by atoms with Crippen molar-refractivity contribution in [3.63, 3.8) is 0 Å². The maximum atomic E-state index is 11.1. The number of esters is 2. The zero-order valence-electron chi connectivity index (χ0n) is 10.3. The molecule has 0 spiro atoms. The molecule has 0 radical (unpaired) electrons. The van der Waals surface area contributed by atoms with Crippen LogP contribution in [0.4, 0.5) is 0 Å². The number of rotatable bonds is 8. The molecular weight excluding hydrogens is 244 g/mol. The van der Waals surface area contributed by atoms with Gasteiger partial charge in [-0.3, -0.25) is 19.2 Å². The van der Waals surface area contributed by atoms with E-state index in [-0.39, 0.29) is 24.6 Å². The van der Waals surface area contributed by atoms with Crippen molar-refractivity contribution in [2.75, 3.05) is 13.2 Å². The summed E-state index contributed by atoms with van der Waals surface area (Å²) in [5, 5.41) is 8.88. The zero-order chi connectivity index (χ0) is 14.1. The number of ketones is 2. The number of carbonyl (C=O) groups excluding carboxylic acids is 4. The number of aliphatic hydroxyl groups is 1. The Labute approximate surface area is 104 Å². The molecule has 18 heavy (non-hydrogen) atoms. The molecule has 0 amide bonds. The van der Waals surface area contributed by atoms with Crippen LogP contribution in [-0.2, 0) is 28.7 Å². The van der Waals surface area contributed by atoms with Gasteiger partial charge in [0, 0.05) is 0 Å². The first-order valence-corrected chi connectivity index (χ1v) is 5.30. The molecule has 0 aliphatic carbocycles. The highest BCUT2D eigenvalue weighted by Crippen LogP contribution is 1.99. The Balaban J connectivity index is 4.04. The van der Waals surface area contributed by atoms with E-state index < -0.39 is 31.1 Å². The summed E-state index contributed by atoms with van der Waals surface area (Å²) in [4.78, 5) is 43.3. The van der Waals surface area contributed by atoms with Crippen LogP contribution >= 0.6 is 0 Å². The smallest absolute Gasteiger partial charge is 0.313 e. The van der Waals surface area contributed by atoms with Gasteiger partial charge >= 0.3 is 11.9 Å². The summed E-state index contributed by atoms with van der Waals surface area (Å²) < 4.78 is 9.32. The zero-order valence-corrected chi connectivity index (χ0v) is 10.3. The molecule has 7 heteroatoms. The van der Waals surface area contributed by atoms with Gasteiger partial charge in [0.1, 0.15) is 31.0 Å². The van der Waals surface area contributed by atoms with E-state index in [1.807, 2.05) is 0 Å². The average Bonchev–Trinajstić information content (AvgIpc) is 2.21. The van der Waals surface area contributed by atoms with E-state index in [2.05, 4.69) is 4.74 Å². The number of aliphatic hydroxyl groups excluding tert-OH is 1. The van der Waals surface area contributed by atoms with Gasteiger partial charge in [-0.1, -0.05) is 0 Å². The van der Waals surface area contributed by atoms with E-state index in [0.29, 0.717) is 0 Å². The van der Waals surface area contributed by atoms with Gasteiger partial charge in [-0.05, 0) is 13.8 Å². The number of Topliss-reactive ketones (excluding diaryl/α,β-unsaturated/α-hetero) is 2. The molecule has 0 saturated heterocycles. The van der Waals surface area contributed by atoms with Gasteiger partial charge in [-0.25, -0.2) is 0 Å². The predicted octanol–water partition coefficient (Wildman–Crippen LogP) is -0.608. The fraction of sp³-hybridized carbons (Fsp3) is 0.636. The van der Waals surface area contributed by atoms with E-state index in [1.54, 1.807) is 0 Å². The molecule has 0 aliphatic rings. The Morgan fingerprint density at radius 1 is 1.00 bits per heavy atom. The molecule has 0 saturated carbocycles. The van der Waals surface area contributed by atoms with Crippen LogP contribution in [0.25, 0.3) is 0 Å². The summed E-state index contributed by atoms with van der Waals surface area (Å²) >= 11 is 0. The molecule has 1 atom stereocenters. The Kier molecular flexibility index (Phi) is 7.53. The highest BCUT2D eigenvalue weighted by molar-refractivity contribution is 5.94. The summed E-state index contributed by atoms with van der Waals surface area (Å²) in [5.74, 6) is -2.29. The monoisotopic (exact) mass is 260 g/mol. The van der Waals surface area contributed by atoms with Crippen molar-refractivity contribution in [2.45, 2.75) is 32.8 Å². The third-order valence-corrected chi connectivity index (χ3v) is 1.72. The quantitative estimate of drug-likeness (QED) is 0.458. The lowest BCUT2D eigenvalue weighted by molar-refractivity contribution is -0.162. The van der Waals surface area contributed by atoms with Crippen LogP contribution in [-0.4, -0.2) is 47.9 Å². The van der Waals surface area contributed by atoms with Crippen LogP contribution in [0, 0.1) is 0 Å².